The van der Waals surface area contributed by atoms with Crippen LogP contribution in [0.4, 0.5) is 5.69 Å². The van der Waals surface area contributed by atoms with E-state index in [4.69, 9.17) is 0 Å². The van der Waals surface area contributed by atoms with Crippen molar-refractivity contribution in [2.45, 2.75) is 25.8 Å². The lowest BCUT2D eigenvalue weighted by Gasteiger charge is -2.11. The van der Waals surface area contributed by atoms with Crippen LogP contribution in [-0.2, 0) is 0 Å². The molecule has 3 rings (SSSR count). The second-order valence-electron chi connectivity index (χ2n) is 5.78. The summed E-state index contributed by atoms with van der Waals surface area (Å²) in [7, 11) is 0. The second kappa shape index (κ2) is 6.12. The highest BCUT2D eigenvalue weighted by molar-refractivity contribution is 6.05. The van der Waals surface area contributed by atoms with Gasteiger partial charge in [-0.25, -0.2) is 0 Å². The number of rotatable bonds is 4. The lowest BCUT2D eigenvalue weighted by atomic mass is 10.1. The monoisotopic (exact) mass is 310 g/mol. The number of carbonyl (C=O) groups is 2. The van der Waals surface area contributed by atoms with E-state index in [1.807, 2.05) is 6.92 Å². The first-order valence-corrected chi connectivity index (χ1v) is 7.55. The maximum absolute atomic E-state index is 12.3. The van der Waals surface area contributed by atoms with Crippen molar-refractivity contribution < 1.29 is 14.7 Å². The number of anilines is 1. The Morgan fingerprint density at radius 1 is 1.04 bits per heavy atom. The molecule has 0 unspecified atom stereocenters. The number of aryl methyl sites for hydroxylation is 1. The lowest BCUT2D eigenvalue weighted by Crippen LogP contribution is -2.25. The van der Waals surface area contributed by atoms with Crippen LogP contribution in [0.2, 0.25) is 0 Å². The Hall–Kier alpha value is -2.82. The fraction of sp³-hybridized carbons (Fsp3) is 0.222. The van der Waals surface area contributed by atoms with E-state index in [9.17, 15) is 14.7 Å². The number of phenols is 1. The molecular formula is C18H18N2O3. The van der Waals surface area contributed by atoms with Gasteiger partial charge in [-0.1, -0.05) is 12.1 Å². The molecule has 23 heavy (non-hydrogen) atoms. The maximum atomic E-state index is 12.3. The lowest BCUT2D eigenvalue weighted by molar-refractivity contribution is 0.0949. The minimum absolute atomic E-state index is 0.0342. The smallest absolute Gasteiger partial charge is 0.255 e. The van der Waals surface area contributed by atoms with Gasteiger partial charge in [0.05, 0.1) is 0 Å². The summed E-state index contributed by atoms with van der Waals surface area (Å²) in [6, 6.07) is 11.6. The van der Waals surface area contributed by atoms with E-state index in [1.165, 1.54) is 12.1 Å². The molecule has 118 valence electrons. The molecule has 1 saturated carbocycles. The molecule has 3 N–H and O–H groups in total. The van der Waals surface area contributed by atoms with Gasteiger partial charge in [-0.05, 0) is 55.7 Å². The summed E-state index contributed by atoms with van der Waals surface area (Å²) in [5.74, 6) is -0.420. The van der Waals surface area contributed by atoms with Gasteiger partial charge < -0.3 is 15.7 Å². The molecule has 5 heteroatoms. The van der Waals surface area contributed by atoms with Gasteiger partial charge in [-0.3, -0.25) is 9.59 Å². The fourth-order valence-corrected chi connectivity index (χ4v) is 2.24. The van der Waals surface area contributed by atoms with E-state index >= 15 is 0 Å². The van der Waals surface area contributed by atoms with E-state index in [-0.39, 0.29) is 23.6 Å². The number of benzene rings is 2. The molecule has 5 nitrogen and oxygen atoms in total. The molecule has 1 aliphatic carbocycles. The van der Waals surface area contributed by atoms with Crippen LogP contribution in [0.15, 0.2) is 42.5 Å². The second-order valence-corrected chi connectivity index (χ2v) is 5.78. The van der Waals surface area contributed by atoms with Crippen LogP contribution in [0.3, 0.4) is 0 Å². The van der Waals surface area contributed by atoms with Crippen molar-refractivity contribution in [3.63, 3.8) is 0 Å². The van der Waals surface area contributed by atoms with Crippen molar-refractivity contribution in [1.82, 2.24) is 5.32 Å². The molecule has 1 fully saturated rings. The largest absolute Gasteiger partial charge is 0.508 e. The number of hydrogen-bond acceptors (Lipinski definition) is 3. The molecule has 0 aliphatic heterocycles. The Morgan fingerprint density at radius 2 is 1.78 bits per heavy atom. The molecule has 2 aromatic carbocycles. The molecule has 0 radical (unpaired) electrons. The molecule has 0 heterocycles. The van der Waals surface area contributed by atoms with E-state index in [0.717, 1.165) is 18.4 Å². The zero-order chi connectivity index (χ0) is 16.4. The summed E-state index contributed by atoms with van der Waals surface area (Å²) in [5.41, 5.74) is 2.33. The molecule has 2 amide bonds. The van der Waals surface area contributed by atoms with Crippen molar-refractivity contribution in [2.75, 3.05) is 5.32 Å². The first-order chi connectivity index (χ1) is 11.0. The van der Waals surface area contributed by atoms with Crippen molar-refractivity contribution in [3.05, 3.63) is 59.2 Å². The Bertz CT molecular complexity index is 767. The van der Waals surface area contributed by atoms with Crippen LogP contribution < -0.4 is 10.6 Å². The standard InChI is InChI=1S/C18H18N2O3/c1-11-5-6-13(17(22)19-14-7-8-14)10-16(11)20-18(23)12-3-2-4-15(21)9-12/h2-6,9-10,14,21H,7-8H2,1H3,(H,19,22)(H,20,23). The predicted octanol–water partition coefficient (Wildman–Crippen LogP) is 2.85. The van der Waals surface area contributed by atoms with Crippen molar-refractivity contribution >= 4 is 17.5 Å². The highest BCUT2D eigenvalue weighted by atomic mass is 16.3. The average molecular weight is 310 g/mol. The molecule has 1 aliphatic rings. The molecule has 0 atom stereocenters. The number of carbonyl (C=O) groups excluding carboxylic acids is 2. The maximum Gasteiger partial charge on any atom is 0.255 e. The van der Waals surface area contributed by atoms with E-state index < -0.39 is 0 Å². The van der Waals surface area contributed by atoms with Gasteiger partial charge in [-0.2, -0.15) is 0 Å². The van der Waals surface area contributed by atoms with Gasteiger partial charge in [0, 0.05) is 22.9 Å². The van der Waals surface area contributed by atoms with Crippen molar-refractivity contribution in [1.29, 1.82) is 0 Å². The first kappa shape index (κ1) is 15.1. The summed E-state index contributed by atoms with van der Waals surface area (Å²) in [6.07, 6.45) is 2.05. The average Bonchev–Trinajstić information content (AvgIpc) is 3.33. The Balaban J connectivity index is 1.78. The molecule has 0 bridgehead atoms. The zero-order valence-electron chi connectivity index (χ0n) is 12.8. The van der Waals surface area contributed by atoms with Crippen LogP contribution in [-0.4, -0.2) is 23.0 Å². The molecule has 2 aromatic rings. The number of amides is 2. The van der Waals surface area contributed by atoms with Crippen LogP contribution in [0, 0.1) is 6.92 Å². The van der Waals surface area contributed by atoms with Gasteiger partial charge in [0.1, 0.15) is 5.75 Å². The fourth-order valence-electron chi connectivity index (χ4n) is 2.24. The first-order valence-electron chi connectivity index (χ1n) is 7.55. The number of phenolic OH excluding ortho intramolecular Hbond substituents is 1. The minimum Gasteiger partial charge on any atom is -0.508 e. The summed E-state index contributed by atoms with van der Waals surface area (Å²) < 4.78 is 0. The summed E-state index contributed by atoms with van der Waals surface area (Å²) in [6.45, 7) is 1.86. The molecule has 0 spiro atoms. The number of aromatic hydroxyl groups is 1. The Labute approximate surface area is 134 Å². The van der Waals surface area contributed by atoms with Gasteiger partial charge in [0.2, 0.25) is 0 Å². The van der Waals surface area contributed by atoms with Gasteiger partial charge in [-0.15, -0.1) is 0 Å². The number of hydrogen-bond donors (Lipinski definition) is 3. The quantitative estimate of drug-likeness (QED) is 0.812. The third-order valence-electron chi connectivity index (χ3n) is 3.77. The SMILES string of the molecule is Cc1ccc(C(=O)NC2CC2)cc1NC(=O)c1cccc(O)c1. The summed E-state index contributed by atoms with van der Waals surface area (Å²) in [4.78, 5) is 24.4. The van der Waals surface area contributed by atoms with Crippen molar-refractivity contribution in [3.8, 4) is 5.75 Å². The van der Waals surface area contributed by atoms with Gasteiger partial charge in [0.15, 0.2) is 0 Å². The van der Waals surface area contributed by atoms with Crippen LogP contribution in [0.5, 0.6) is 5.75 Å². The third-order valence-corrected chi connectivity index (χ3v) is 3.77. The number of nitrogens with one attached hydrogen (secondary N) is 2. The topological polar surface area (TPSA) is 78.4 Å². The van der Waals surface area contributed by atoms with Crippen LogP contribution >= 0.6 is 0 Å². The summed E-state index contributed by atoms with van der Waals surface area (Å²) >= 11 is 0. The van der Waals surface area contributed by atoms with E-state index in [1.54, 1.807) is 30.3 Å². The minimum atomic E-state index is -0.330. The normalized spacial score (nSPS) is 13.4. The molecular weight excluding hydrogens is 292 g/mol. The molecule has 0 aromatic heterocycles. The van der Waals surface area contributed by atoms with Crippen LogP contribution in [0.1, 0.15) is 39.1 Å². The predicted molar refractivity (Wildman–Crippen MR) is 87.7 cm³/mol. The third kappa shape index (κ3) is 3.69. The zero-order valence-corrected chi connectivity index (χ0v) is 12.8. The highest BCUT2D eigenvalue weighted by Crippen LogP contribution is 2.22. The molecule has 0 saturated heterocycles. The van der Waals surface area contributed by atoms with Gasteiger partial charge >= 0.3 is 0 Å². The van der Waals surface area contributed by atoms with E-state index in [2.05, 4.69) is 10.6 Å². The van der Waals surface area contributed by atoms with Crippen LogP contribution in [0.25, 0.3) is 0 Å². The highest BCUT2D eigenvalue weighted by Gasteiger charge is 2.24. The van der Waals surface area contributed by atoms with E-state index in [0.29, 0.717) is 16.8 Å². The van der Waals surface area contributed by atoms with Crippen molar-refractivity contribution in [2.24, 2.45) is 0 Å². The Kier molecular flexibility index (Phi) is 4.02. The van der Waals surface area contributed by atoms with Gasteiger partial charge in [0.25, 0.3) is 11.8 Å². The summed E-state index contributed by atoms with van der Waals surface area (Å²) in [5, 5.41) is 15.2. The Morgan fingerprint density at radius 3 is 2.48 bits per heavy atom.